The molecule has 134 valence electrons. The molecule has 6 nitrogen and oxygen atoms in total. The fraction of sp³-hybridized carbons (Fsp3) is 0.722. The number of aryl methyl sites for hydroxylation is 1. The van der Waals surface area contributed by atoms with Crippen molar-refractivity contribution in [3.63, 3.8) is 0 Å². The zero-order valence-electron chi connectivity index (χ0n) is 14.7. The summed E-state index contributed by atoms with van der Waals surface area (Å²) in [5, 5.41) is 13.2. The summed E-state index contributed by atoms with van der Waals surface area (Å²) < 4.78 is 11.3. The van der Waals surface area contributed by atoms with Gasteiger partial charge in [0.25, 0.3) is 0 Å². The molecule has 0 aromatic carbocycles. The van der Waals surface area contributed by atoms with Crippen molar-refractivity contribution in [2.24, 2.45) is 5.41 Å². The summed E-state index contributed by atoms with van der Waals surface area (Å²) in [6.45, 7) is 7.76. The van der Waals surface area contributed by atoms with E-state index in [9.17, 15) is 9.90 Å². The van der Waals surface area contributed by atoms with Gasteiger partial charge in [-0.25, -0.2) is 4.79 Å². The average Bonchev–Trinajstić information content (AvgIpc) is 3.01. The van der Waals surface area contributed by atoms with Gasteiger partial charge in [-0.3, -0.25) is 0 Å². The minimum atomic E-state index is -0.302. The van der Waals surface area contributed by atoms with E-state index in [1.165, 1.54) is 0 Å². The van der Waals surface area contributed by atoms with Crippen LogP contribution in [0.4, 0.5) is 4.79 Å². The Morgan fingerprint density at radius 3 is 2.75 bits per heavy atom. The highest BCUT2D eigenvalue weighted by Crippen LogP contribution is 2.50. The predicted molar refractivity (Wildman–Crippen MR) is 89.7 cm³/mol. The molecule has 2 N–H and O–H groups in total. The summed E-state index contributed by atoms with van der Waals surface area (Å²) in [6.07, 6.45) is 2.13. The SMILES string of the molecule is CCO[C@@H]1C[C@H](O)C12CCN(C(=O)N[C@@H](C)c1ccc(C)o1)CC2. The van der Waals surface area contributed by atoms with Crippen molar-refractivity contribution in [1.29, 1.82) is 0 Å². The fourth-order valence-corrected chi connectivity index (χ4v) is 3.98. The number of nitrogens with one attached hydrogen (secondary N) is 1. The van der Waals surface area contributed by atoms with Crippen LogP contribution < -0.4 is 5.32 Å². The lowest BCUT2D eigenvalue weighted by molar-refractivity contribution is -0.207. The van der Waals surface area contributed by atoms with E-state index in [1.807, 2.05) is 37.8 Å². The Kier molecular flexibility index (Phi) is 4.88. The summed E-state index contributed by atoms with van der Waals surface area (Å²) in [7, 11) is 0. The first-order valence-electron chi connectivity index (χ1n) is 8.87. The molecule has 1 aromatic heterocycles. The Labute approximate surface area is 143 Å². The first-order valence-corrected chi connectivity index (χ1v) is 8.87. The predicted octanol–water partition coefficient (Wildman–Crippen LogP) is 2.61. The molecule has 1 spiro atoms. The number of urea groups is 1. The Morgan fingerprint density at radius 2 is 2.21 bits per heavy atom. The number of furan rings is 1. The number of rotatable bonds is 4. The standard InChI is InChI=1S/C18H28N2O4/c1-4-23-16-11-15(21)18(16)7-9-20(10-8-18)17(22)19-13(3)14-6-5-12(2)24-14/h5-6,13,15-16,21H,4,7-11H2,1-3H3,(H,19,22)/t13-,15-,16+/m0/s1. The Hall–Kier alpha value is -1.53. The molecule has 1 aromatic rings. The lowest BCUT2D eigenvalue weighted by Gasteiger charge is -2.56. The second-order valence-electron chi connectivity index (χ2n) is 7.04. The number of amides is 2. The molecule has 2 aliphatic rings. The highest BCUT2D eigenvalue weighted by Gasteiger charge is 2.56. The van der Waals surface area contributed by atoms with Crippen molar-refractivity contribution in [2.45, 2.75) is 58.3 Å². The first kappa shape index (κ1) is 17.3. The van der Waals surface area contributed by atoms with Crippen molar-refractivity contribution >= 4 is 6.03 Å². The van der Waals surface area contributed by atoms with Crippen LogP contribution in [-0.2, 0) is 4.74 Å². The average molecular weight is 336 g/mol. The minimum Gasteiger partial charge on any atom is -0.464 e. The van der Waals surface area contributed by atoms with Gasteiger partial charge in [0.15, 0.2) is 0 Å². The quantitative estimate of drug-likeness (QED) is 0.886. The van der Waals surface area contributed by atoms with Gasteiger partial charge in [-0.2, -0.15) is 0 Å². The molecule has 1 saturated heterocycles. The molecule has 0 radical (unpaired) electrons. The fourth-order valence-electron chi connectivity index (χ4n) is 3.98. The summed E-state index contributed by atoms with van der Waals surface area (Å²) in [6, 6.07) is 3.55. The van der Waals surface area contributed by atoms with Crippen LogP contribution in [-0.4, -0.2) is 47.9 Å². The third kappa shape index (κ3) is 3.05. The van der Waals surface area contributed by atoms with Gasteiger partial charge in [0, 0.05) is 31.5 Å². The van der Waals surface area contributed by atoms with Gasteiger partial charge in [-0.05, 0) is 45.7 Å². The molecular weight excluding hydrogens is 308 g/mol. The maximum atomic E-state index is 12.5. The third-order valence-electron chi connectivity index (χ3n) is 5.62. The van der Waals surface area contributed by atoms with Crippen LogP contribution in [0.3, 0.4) is 0 Å². The van der Waals surface area contributed by atoms with E-state index in [0.717, 1.165) is 30.8 Å². The van der Waals surface area contributed by atoms with E-state index in [2.05, 4.69) is 5.32 Å². The zero-order valence-corrected chi connectivity index (χ0v) is 14.7. The highest BCUT2D eigenvalue weighted by atomic mass is 16.5. The van der Waals surface area contributed by atoms with Gasteiger partial charge < -0.3 is 24.5 Å². The van der Waals surface area contributed by atoms with Gasteiger partial charge >= 0.3 is 6.03 Å². The summed E-state index contributed by atoms with van der Waals surface area (Å²) in [5.74, 6) is 1.60. The van der Waals surface area contributed by atoms with Crippen molar-refractivity contribution in [3.8, 4) is 0 Å². The third-order valence-corrected chi connectivity index (χ3v) is 5.62. The summed E-state index contributed by atoms with van der Waals surface area (Å²) in [4.78, 5) is 14.3. The van der Waals surface area contributed by atoms with Crippen LogP contribution in [0.1, 0.15) is 50.7 Å². The van der Waals surface area contributed by atoms with Crippen LogP contribution >= 0.6 is 0 Å². The number of aliphatic hydroxyl groups excluding tert-OH is 1. The van der Waals surface area contributed by atoms with E-state index in [1.54, 1.807) is 0 Å². The molecule has 2 fully saturated rings. The number of nitrogens with zero attached hydrogens (tertiary/aromatic N) is 1. The Morgan fingerprint density at radius 1 is 1.50 bits per heavy atom. The Balaban J connectivity index is 1.53. The Bertz CT molecular complexity index is 575. The number of piperidine rings is 1. The summed E-state index contributed by atoms with van der Waals surface area (Å²) >= 11 is 0. The number of hydrogen-bond acceptors (Lipinski definition) is 4. The maximum Gasteiger partial charge on any atom is 0.317 e. The molecule has 6 heteroatoms. The second-order valence-corrected chi connectivity index (χ2v) is 7.04. The lowest BCUT2D eigenvalue weighted by Crippen LogP contribution is -2.63. The van der Waals surface area contributed by atoms with Gasteiger partial charge in [0.05, 0.1) is 18.2 Å². The van der Waals surface area contributed by atoms with E-state index >= 15 is 0 Å². The van der Waals surface area contributed by atoms with Crippen LogP contribution in [0, 0.1) is 12.3 Å². The molecule has 0 unspecified atom stereocenters. The largest absolute Gasteiger partial charge is 0.464 e. The molecule has 1 aliphatic carbocycles. The molecular formula is C18H28N2O4. The maximum absolute atomic E-state index is 12.5. The molecule has 2 heterocycles. The molecule has 24 heavy (non-hydrogen) atoms. The van der Waals surface area contributed by atoms with Crippen molar-refractivity contribution in [2.75, 3.05) is 19.7 Å². The van der Waals surface area contributed by atoms with Crippen molar-refractivity contribution < 1.29 is 19.1 Å². The molecule has 2 amide bonds. The van der Waals surface area contributed by atoms with Crippen molar-refractivity contribution in [3.05, 3.63) is 23.7 Å². The normalized spacial score (nSPS) is 26.9. The van der Waals surface area contributed by atoms with E-state index in [0.29, 0.717) is 19.7 Å². The van der Waals surface area contributed by atoms with Gasteiger partial charge in [0.1, 0.15) is 11.5 Å². The van der Waals surface area contributed by atoms with E-state index in [-0.39, 0.29) is 29.7 Å². The van der Waals surface area contributed by atoms with E-state index in [4.69, 9.17) is 9.15 Å². The number of likely N-dealkylation sites (tertiary alicyclic amines) is 1. The second kappa shape index (κ2) is 6.76. The summed E-state index contributed by atoms with van der Waals surface area (Å²) in [5.41, 5.74) is -0.156. The van der Waals surface area contributed by atoms with Gasteiger partial charge in [0.2, 0.25) is 0 Å². The topological polar surface area (TPSA) is 74.9 Å². The number of hydrogen-bond donors (Lipinski definition) is 2. The van der Waals surface area contributed by atoms with Gasteiger partial charge in [-0.1, -0.05) is 0 Å². The van der Waals surface area contributed by atoms with Crippen molar-refractivity contribution in [1.82, 2.24) is 10.2 Å². The number of carbonyl (C=O) groups is 1. The highest BCUT2D eigenvalue weighted by molar-refractivity contribution is 5.74. The van der Waals surface area contributed by atoms with Crippen LogP contribution in [0.25, 0.3) is 0 Å². The molecule has 1 saturated carbocycles. The number of aliphatic hydroxyl groups is 1. The van der Waals surface area contributed by atoms with Crippen LogP contribution in [0.2, 0.25) is 0 Å². The minimum absolute atomic E-state index is 0.0758. The first-order chi connectivity index (χ1) is 11.5. The zero-order chi connectivity index (χ0) is 17.3. The van der Waals surface area contributed by atoms with E-state index < -0.39 is 0 Å². The van der Waals surface area contributed by atoms with Crippen LogP contribution in [0.5, 0.6) is 0 Å². The smallest absolute Gasteiger partial charge is 0.317 e. The number of carbonyl (C=O) groups excluding carboxylic acids is 1. The number of ether oxygens (including phenoxy) is 1. The molecule has 3 rings (SSSR count). The molecule has 3 atom stereocenters. The molecule has 1 aliphatic heterocycles. The van der Waals surface area contributed by atoms with Gasteiger partial charge in [-0.15, -0.1) is 0 Å². The van der Waals surface area contributed by atoms with Crippen LogP contribution in [0.15, 0.2) is 16.5 Å². The molecule has 0 bridgehead atoms. The lowest BCUT2D eigenvalue weighted by atomic mass is 9.58. The monoisotopic (exact) mass is 336 g/mol.